The Morgan fingerprint density at radius 1 is 1.20 bits per heavy atom. The summed E-state index contributed by atoms with van der Waals surface area (Å²) in [7, 11) is 1.33. The minimum Gasteiger partial charge on any atom is -0.466 e. The number of benzene rings is 1. The van der Waals surface area contributed by atoms with Crippen LogP contribution in [0.2, 0.25) is 0 Å². The Kier molecular flexibility index (Phi) is 3.28. The number of methoxy groups -OCH3 is 1. The molecule has 0 N–H and O–H groups in total. The zero-order valence-electron chi connectivity index (χ0n) is 10.9. The highest BCUT2D eigenvalue weighted by Crippen LogP contribution is 2.38. The number of fused-ring (bicyclic) bond motifs is 1. The summed E-state index contributed by atoms with van der Waals surface area (Å²) < 4.78 is 15.5. The van der Waals surface area contributed by atoms with E-state index in [-0.39, 0.29) is 12.2 Å². The highest BCUT2D eigenvalue weighted by atomic mass is 16.6. The van der Waals surface area contributed by atoms with Gasteiger partial charge in [0.15, 0.2) is 0 Å². The molecule has 1 aromatic carbocycles. The van der Waals surface area contributed by atoms with E-state index in [0.29, 0.717) is 17.6 Å². The van der Waals surface area contributed by atoms with Gasteiger partial charge < -0.3 is 14.2 Å². The molecular formula is C15H14O5. The normalized spacial score (nSPS) is 27.1. The topological polar surface area (TPSA) is 65.1 Å². The molecule has 0 amide bonds. The van der Waals surface area contributed by atoms with E-state index in [1.165, 1.54) is 7.11 Å². The zero-order valence-corrected chi connectivity index (χ0v) is 10.9. The van der Waals surface area contributed by atoms with E-state index in [9.17, 15) is 9.59 Å². The van der Waals surface area contributed by atoms with Gasteiger partial charge in [-0.1, -0.05) is 18.2 Å². The van der Waals surface area contributed by atoms with Gasteiger partial charge in [-0.2, -0.15) is 0 Å². The number of epoxide rings is 1. The molecule has 0 aromatic heterocycles. The second-order valence-electron chi connectivity index (χ2n) is 4.76. The van der Waals surface area contributed by atoms with Gasteiger partial charge in [-0.15, -0.1) is 0 Å². The van der Waals surface area contributed by atoms with Gasteiger partial charge in [-0.3, -0.25) is 0 Å². The molecule has 1 aliphatic carbocycles. The maximum Gasteiger partial charge on any atom is 0.338 e. The molecule has 0 bridgehead atoms. The molecule has 0 spiro atoms. The first-order valence-corrected chi connectivity index (χ1v) is 6.39. The smallest absolute Gasteiger partial charge is 0.338 e. The standard InChI is InChI=1S/C15H14O5/c1-18-14(16)10-7-11-13(19-11)12(8-10)20-15(17)9-5-3-2-4-6-9/h2-6,8,11-13H,7H2,1H3/t11-,12-,13-/m0/s1. The second kappa shape index (κ2) is 5.09. The molecule has 1 fully saturated rings. The van der Waals surface area contributed by atoms with Crippen molar-refractivity contribution in [2.75, 3.05) is 7.11 Å². The molecule has 3 rings (SSSR count). The van der Waals surface area contributed by atoms with Crippen molar-refractivity contribution in [3.05, 3.63) is 47.5 Å². The van der Waals surface area contributed by atoms with Crippen LogP contribution in [-0.4, -0.2) is 37.4 Å². The number of carbonyl (C=O) groups excluding carboxylic acids is 2. The largest absolute Gasteiger partial charge is 0.466 e. The summed E-state index contributed by atoms with van der Waals surface area (Å²) in [6, 6.07) is 8.72. The van der Waals surface area contributed by atoms with Gasteiger partial charge in [0.1, 0.15) is 12.2 Å². The zero-order chi connectivity index (χ0) is 14.1. The quantitative estimate of drug-likeness (QED) is 0.617. The number of esters is 2. The maximum absolute atomic E-state index is 12.0. The Labute approximate surface area is 116 Å². The molecule has 0 unspecified atom stereocenters. The molecular weight excluding hydrogens is 260 g/mol. The predicted molar refractivity (Wildman–Crippen MR) is 69.0 cm³/mol. The second-order valence-corrected chi connectivity index (χ2v) is 4.76. The van der Waals surface area contributed by atoms with Crippen molar-refractivity contribution in [1.29, 1.82) is 0 Å². The lowest BCUT2D eigenvalue weighted by molar-refractivity contribution is -0.136. The van der Waals surface area contributed by atoms with Crippen molar-refractivity contribution in [2.45, 2.75) is 24.7 Å². The number of carbonyl (C=O) groups is 2. The van der Waals surface area contributed by atoms with Gasteiger partial charge in [0.25, 0.3) is 0 Å². The average Bonchev–Trinajstić information content (AvgIpc) is 3.27. The van der Waals surface area contributed by atoms with E-state index >= 15 is 0 Å². The fourth-order valence-corrected chi connectivity index (χ4v) is 2.34. The molecule has 1 saturated heterocycles. The third-order valence-electron chi connectivity index (χ3n) is 3.43. The van der Waals surface area contributed by atoms with Crippen molar-refractivity contribution < 1.29 is 23.8 Å². The predicted octanol–water partition coefficient (Wildman–Crippen LogP) is 1.48. The van der Waals surface area contributed by atoms with E-state index in [1.54, 1.807) is 30.3 Å². The Morgan fingerprint density at radius 3 is 2.65 bits per heavy atom. The van der Waals surface area contributed by atoms with E-state index in [0.717, 1.165) is 0 Å². The summed E-state index contributed by atoms with van der Waals surface area (Å²) in [5.74, 6) is -0.827. The lowest BCUT2D eigenvalue weighted by atomic mass is 9.97. The van der Waals surface area contributed by atoms with Crippen LogP contribution in [-0.2, 0) is 19.0 Å². The molecule has 1 aromatic rings. The molecule has 1 aliphatic heterocycles. The van der Waals surface area contributed by atoms with Crippen LogP contribution in [0.4, 0.5) is 0 Å². The summed E-state index contributed by atoms with van der Waals surface area (Å²) in [4.78, 5) is 23.5. The lowest BCUT2D eigenvalue weighted by Crippen LogP contribution is -2.28. The molecule has 5 heteroatoms. The minimum atomic E-state index is -0.532. The van der Waals surface area contributed by atoms with Crippen molar-refractivity contribution in [3.63, 3.8) is 0 Å². The number of ether oxygens (including phenoxy) is 3. The summed E-state index contributed by atoms with van der Waals surface area (Å²) in [6.45, 7) is 0. The maximum atomic E-state index is 12.0. The summed E-state index contributed by atoms with van der Waals surface area (Å²) in [5.41, 5.74) is 0.973. The van der Waals surface area contributed by atoms with Crippen LogP contribution in [0.5, 0.6) is 0 Å². The van der Waals surface area contributed by atoms with Gasteiger partial charge in [-0.25, -0.2) is 9.59 Å². The Hall–Kier alpha value is -2.14. The number of hydrogen-bond acceptors (Lipinski definition) is 5. The third kappa shape index (κ3) is 2.44. The molecule has 5 nitrogen and oxygen atoms in total. The van der Waals surface area contributed by atoms with Gasteiger partial charge in [0.05, 0.1) is 18.8 Å². The van der Waals surface area contributed by atoms with Crippen LogP contribution in [0.3, 0.4) is 0 Å². The van der Waals surface area contributed by atoms with Crippen LogP contribution in [0.1, 0.15) is 16.8 Å². The number of rotatable bonds is 3. The minimum absolute atomic E-state index is 0.0531. The van der Waals surface area contributed by atoms with Gasteiger partial charge >= 0.3 is 11.9 Å². The van der Waals surface area contributed by atoms with E-state index < -0.39 is 18.0 Å². The van der Waals surface area contributed by atoms with Crippen LogP contribution in [0.25, 0.3) is 0 Å². The highest BCUT2D eigenvalue weighted by Gasteiger charge is 2.50. The highest BCUT2D eigenvalue weighted by molar-refractivity contribution is 5.91. The van der Waals surface area contributed by atoms with Crippen molar-refractivity contribution in [1.82, 2.24) is 0 Å². The summed E-state index contributed by atoms with van der Waals surface area (Å²) in [5, 5.41) is 0. The van der Waals surface area contributed by atoms with Gasteiger partial charge in [-0.05, 0) is 18.2 Å². The van der Waals surface area contributed by atoms with Crippen LogP contribution >= 0.6 is 0 Å². The number of hydrogen-bond donors (Lipinski definition) is 0. The molecule has 2 aliphatic rings. The summed E-state index contributed by atoms with van der Waals surface area (Å²) in [6.07, 6.45) is 1.41. The van der Waals surface area contributed by atoms with Gasteiger partial charge in [0.2, 0.25) is 0 Å². The molecule has 0 radical (unpaired) electrons. The van der Waals surface area contributed by atoms with E-state index in [2.05, 4.69) is 0 Å². The van der Waals surface area contributed by atoms with Crippen LogP contribution in [0, 0.1) is 0 Å². The first-order valence-electron chi connectivity index (χ1n) is 6.39. The molecule has 20 heavy (non-hydrogen) atoms. The Balaban J connectivity index is 1.73. The molecule has 104 valence electrons. The van der Waals surface area contributed by atoms with Crippen LogP contribution < -0.4 is 0 Å². The first-order chi connectivity index (χ1) is 9.69. The Bertz CT molecular complexity index is 563. The SMILES string of the molecule is COC(=O)C1=C[C@H](OC(=O)c2ccccc2)[C@H]2O[C@H]2C1. The van der Waals surface area contributed by atoms with Gasteiger partial charge in [0, 0.05) is 12.0 Å². The lowest BCUT2D eigenvalue weighted by Gasteiger charge is -2.17. The average molecular weight is 274 g/mol. The molecule has 3 atom stereocenters. The third-order valence-corrected chi connectivity index (χ3v) is 3.43. The fourth-order valence-electron chi connectivity index (χ4n) is 2.34. The Morgan fingerprint density at radius 2 is 1.95 bits per heavy atom. The van der Waals surface area contributed by atoms with Crippen molar-refractivity contribution >= 4 is 11.9 Å². The van der Waals surface area contributed by atoms with E-state index in [1.807, 2.05) is 6.07 Å². The monoisotopic (exact) mass is 274 g/mol. The van der Waals surface area contributed by atoms with Crippen molar-refractivity contribution in [3.8, 4) is 0 Å². The van der Waals surface area contributed by atoms with E-state index in [4.69, 9.17) is 14.2 Å². The van der Waals surface area contributed by atoms with Crippen LogP contribution in [0.15, 0.2) is 42.0 Å². The molecule has 1 heterocycles. The van der Waals surface area contributed by atoms with Crippen molar-refractivity contribution in [2.24, 2.45) is 0 Å². The molecule has 0 saturated carbocycles. The summed E-state index contributed by atoms with van der Waals surface area (Å²) >= 11 is 0. The first kappa shape index (κ1) is 12.9. The fraction of sp³-hybridized carbons (Fsp3) is 0.333.